The average Bonchev–Trinajstić information content (AvgIpc) is 2.91. The Bertz CT molecular complexity index is 1370. The lowest BCUT2D eigenvalue weighted by Crippen LogP contribution is -2.47. The van der Waals surface area contributed by atoms with Gasteiger partial charge >= 0.3 is 6.09 Å². The number of hydrogen-bond acceptors (Lipinski definition) is 6. The van der Waals surface area contributed by atoms with E-state index >= 15 is 0 Å². The van der Waals surface area contributed by atoms with Crippen LogP contribution in [0.4, 0.5) is 4.79 Å². The van der Waals surface area contributed by atoms with E-state index in [-0.39, 0.29) is 28.0 Å². The fourth-order valence-corrected chi connectivity index (χ4v) is 6.54. The molecule has 3 heterocycles. The number of aromatic nitrogens is 1. The van der Waals surface area contributed by atoms with Gasteiger partial charge in [0, 0.05) is 50.3 Å². The van der Waals surface area contributed by atoms with Gasteiger partial charge in [-0.15, -0.1) is 6.58 Å². The Morgan fingerprint density at radius 2 is 1.82 bits per heavy atom. The first-order chi connectivity index (χ1) is 18.1. The molecule has 2 aliphatic rings. The molecule has 0 saturated carbocycles. The molecule has 0 atom stereocenters. The van der Waals surface area contributed by atoms with Gasteiger partial charge in [-0.1, -0.05) is 13.0 Å². The van der Waals surface area contributed by atoms with Crippen LogP contribution < -0.4 is 10.7 Å². The van der Waals surface area contributed by atoms with E-state index in [1.165, 1.54) is 22.6 Å². The molecule has 0 aliphatic carbocycles. The number of nitrogens with one attached hydrogen (secondary N) is 1. The molecule has 2 fully saturated rings. The molecule has 2 aliphatic heterocycles. The molecule has 10 nitrogen and oxygen atoms in total. The van der Waals surface area contributed by atoms with Crippen molar-refractivity contribution in [1.29, 1.82) is 0 Å². The Labute approximate surface area is 223 Å². The smallest absolute Gasteiger partial charge is 0.409 e. The molecule has 2 saturated heterocycles. The number of pyridine rings is 1. The van der Waals surface area contributed by atoms with Crippen molar-refractivity contribution in [3.8, 4) is 0 Å². The van der Waals surface area contributed by atoms with Crippen molar-refractivity contribution >= 4 is 32.9 Å². The number of carbonyl (C=O) groups is 2. The lowest BCUT2D eigenvalue weighted by atomic mass is 10.0. The van der Waals surface area contributed by atoms with Gasteiger partial charge in [-0.2, -0.15) is 4.31 Å². The summed E-state index contributed by atoms with van der Waals surface area (Å²) in [4.78, 5) is 40.3. The zero-order valence-electron chi connectivity index (χ0n) is 22.0. The molecule has 2 aromatic rings. The second-order valence-corrected chi connectivity index (χ2v) is 12.0. The van der Waals surface area contributed by atoms with Gasteiger partial charge in [0.05, 0.1) is 17.0 Å². The van der Waals surface area contributed by atoms with Gasteiger partial charge in [-0.3, -0.25) is 9.59 Å². The van der Waals surface area contributed by atoms with E-state index < -0.39 is 21.4 Å². The number of allylic oxidation sites excluding steroid dienone is 1. The summed E-state index contributed by atoms with van der Waals surface area (Å²) in [5, 5.41) is 3.09. The van der Waals surface area contributed by atoms with Crippen LogP contribution in [-0.4, -0.2) is 73.0 Å². The van der Waals surface area contributed by atoms with Gasteiger partial charge in [0.2, 0.25) is 15.5 Å². The van der Waals surface area contributed by atoms with Gasteiger partial charge in [0.15, 0.2) is 0 Å². The third-order valence-corrected chi connectivity index (χ3v) is 9.25. The zero-order chi connectivity index (χ0) is 27.4. The average molecular weight is 545 g/mol. The van der Waals surface area contributed by atoms with E-state index in [0.717, 1.165) is 12.8 Å². The van der Waals surface area contributed by atoms with Crippen LogP contribution in [0.2, 0.25) is 0 Å². The highest BCUT2D eigenvalue weighted by molar-refractivity contribution is 7.89. The zero-order valence-corrected chi connectivity index (χ0v) is 22.8. The van der Waals surface area contributed by atoms with E-state index in [1.807, 2.05) is 0 Å². The van der Waals surface area contributed by atoms with Crippen molar-refractivity contribution < 1.29 is 22.7 Å². The Balaban J connectivity index is 1.61. The number of piperidine rings is 2. The van der Waals surface area contributed by atoms with Crippen LogP contribution in [0.15, 0.2) is 46.7 Å². The lowest BCUT2D eigenvalue weighted by molar-refractivity contribution is 0.0859. The highest BCUT2D eigenvalue weighted by Crippen LogP contribution is 2.25. The van der Waals surface area contributed by atoms with Gasteiger partial charge in [-0.05, 0) is 56.7 Å². The van der Waals surface area contributed by atoms with Crippen LogP contribution in [0.25, 0.3) is 10.9 Å². The number of hydrogen-bond donors (Lipinski definition) is 1. The number of ether oxygens (including phenoxy) is 1. The molecule has 1 aromatic carbocycles. The number of sulfonamides is 1. The summed E-state index contributed by atoms with van der Waals surface area (Å²) < 4.78 is 34.9. The first-order valence-electron chi connectivity index (χ1n) is 13.2. The van der Waals surface area contributed by atoms with E-state index in [9.17, 15) is 22.8 Å². The van der Waals surface area contributed by atoms with Crippen LogP contribution in [0.5, 0.6) is 0 Å². The Morgan fingerprint density at radius 1 is 1.13 bits per heavy atom. The maximum atomic E-state index is 13.5. The molecule has 0 bridgehead atoms. The standard InChI is InChI=1S/C27H36N4O6S/c1-4-12-30-18-23(26(33)28-20-10-13-29(14-11-20)27(34)37-5-2)25(32)22-17-21(6-7-24(22)30)38(35,36)31-15-8-19(3)9-16-31/h4,6-7,17-20H,1,5,8-16H2,2-3H3,(H,28,33). The van der Waals surface area contributed by atoms with Crippen molar-refractivity contribution in [3.63, 3.8) is 0 Å². The van der Waals surface area contributed by atoms with Gasteiger partial charge in [0.1, 0.15) is 5.56 Å². The van der Waals surface area contributed by atoms with Crippen molar-refractivity contribution in [3.05, 3.63) is 52.8 Å². The summed E-state index contributed by atoms with van der Waals surface area (Å²) in [6.07, 6.45) is 5.44. The predicted octanol–water partition coefficient (Wildman–Crippen LogP) is 2.96. The monoisotopic (exact) mass is 544 g/mol. The molecule has 38 heavy (non-hydrogen) atoms. The molecular formula is C27H36N4O6S. The summed E-state index contributed by atoms with van der Waals surface area (Å²) in [6.45, 7) is 10.0. The summed E-state index contributed by atoms with van der Waals surface area (Å²) >= 11 is 0. The minimum atomic E-state index is -3.77. The van der Waals surface area contributed by atoms with E-state index in [4.69, 9.17) is 4.74 Å². The number of amides is 2. The topological polar surface area (TPSA) is 118 Å². The van der Waals surface area contributed by atoms with Crippen molar-refractivity contribution in [2.45, 2.75) is 57.0 Å². The Hall–Kier alpha value is -3.18. The highest BCUT2D eigenvalue weighted by Gasteiger charge is 2.29. The maximum absolute atomic E-state index is 13.5. The summed E-state index contributed by atoms with van der Waals surface area (Å²) in [7, 11) is -3.77. The normalized spacial score (nSPS) is 17.9. The SMILES string of the molecule is C=CCn1cc(C(=O)NC2CCN(C(=O)OCC)CC2)c(=O)c2cc(S(=O)(=O)N3CCC(C)CC3)ccc21. The van der Waals surface area contributed by atoms with Crippen LogP contribution >= 0.6 is 0 Å². The minimum absolute atomic E-state index is 0.0469. The summed E-state index contributed by atoms with van der Waals surface area (Å²) in [6, 6.07) is 4.32. The molecule has 1 aromatic heterocycles. The molecule has 4 rings (SSSR count). The van der Waals surface area contributed by atoms with Gasteiger partial charge in [-0.25, -0.2) is 13.2 Å². The quantitative estimate of drug-likeness (QED) is 0.536. The first kappa shape index (κ1) is 27.8. The summed E-state index contributed by atoms with van der Waals surface area (Å²) in [5.74, 6) is -0.0507. The molecular weight excluding hydrogens is 508 g/mol. The number of nitrogens with zero attached hydrogens (tertiary/aromatic N) is 3. The van der Waals surface area contributed by atoms with Gasteiger partial charge in [0.25, 0.3) is 5.91 Å². The third kappa shape index (κ3) is 5.78. The van der Waals surface area contributed by atoms with Crippen molar-refractivity contribution in [2.75, 3.05) is 32.8 Å². The number of carbonyl (C=O) groups excluding carboxylic acids is 2. The van der Waals surface area contributed by atoms with Gasteiger partial charge < -0.3 is 19.5 Å². The van der Waals surface area contributed by atoms with Crippen LogP contribution in [-0.2, 0) is 21.3 Å². The molecule has 0 unspecified atom stereocenters. The van der Waals surface area contributed by atoms with Crippen LogP contribution in [0, 0.1) is 5.92 Å². The fourth-order valence-electron chi connectivity index (χ4n) is 5.05. The second-order valence-electron chi connectivity index (χ2n) is 10.0. The number of likely N-dealkylation sites (tertiary alicyclic amines) is 1. The minimum Gasteiger partial charge on any atom is -0.450 e. The van der Waals surface area contributed by atoms with Crippen LogP contribution in [0.3, 0.4) is 0 Å². The molecule has 0 spiro atoms. The Kier molecular flexibility index (Phi) is 8.57. The third-order valence-electron chi connectivity index (χ3n) is 7.36. The lowest BCUT2D eigenvalue weighted by Gasteiger charge is -2.31. The second kappa shape index (κ2) is 11.7. The van der Waals surface area contributed by atoms with Crippen LogP contribution in [0.1, 0.15) is 49.9 Å². The fraction of sp³-hybridized carbons (Fsp3) is 0.519. The molecule has 206 valence electrons. The van der Waals surface area contributed by atoms with E-state index in [2.05, 4.69) is 18.8 Å². The van der Waals surface area contributed by atoms with E-state index in [0.29, 0.717) is 63.6 Å². The maximum Gasteiger partial charge on any atom is 0.409 e. The molecule has 1 N–H and O–H groups in total. The predicted molar refractivity (Wildman–Crippen MR) is 145 cm³/mol. The highest BCUT2D eigenvalue weighted by atomic mass is 32.2. The molecule has 11 heteroatoms. The number of benzene rings is 1. The largest absolute Gasteiger partial charge is 0.450 e. The van der Waals surface area contributed by atoms with Crippen molar-refractivity contribution in [2.24, 2.45) is 5.92 Å². The molecule has 0 radical (unpaired) electrons. The Morgan fingerprint density at radius 3 is 2.45 bits per heavy atom. The van der Waals surface area contributed by atoms with E-state index in [1.54, 1.807) is 28.5 Å². The molecule has 2 amide bonds. The van der Waals surface area contributed by atoms with Crippen molar-refractivity contribution in [1.82, 2.24) is 19.1 Å². The first-order valence-corrected chi connectivity index (χ1v) is 14.6. The number of fused-ring (bicyclic) bond motifs is 1. The summed E-state index contributed by atoms with van der Waals surface area (Å²) in [5.41, 5.74) is -0.0555. The number of rotatable bonds is 7.